The van der Waals surface area contributed by atoms with Gasteiger partial charge >= 0.3 is 0 Å². The van der Waals surface area contributed by atoms with Crippen molar-refractivity contribution < 1.29 is 13.2 Å². The number of benzene rings is 2. The summed E-state index contributed by atoms with van der Waals surface area (Å²) in [6, 6.07) is 13.4. The predicted molar refractivity (Wildman–Crippen MR) is 124 cm³/mol. The minimum absolute atomic E-state index is 0.276. The van der Waals surface area contributed by atoms with Crippen molar-refractivity contribution in [3.05, 3.63) is 83.4 Å². The van der Waals surface area contributed by atoms with Gasteiger partial charge in [-0.25, -0.2) is 13.4 Å². The monoisotopic (exact) mass is 451 g/mol. The molecule has 32 heavy (non-hydrogen) atoms. The van der Waals surface area contributed by atoms with Crippen LogP contribution in [0.25, 0.3) is 0 Å². The molecule has 1 aliphatic carbocycles. The van der Waals surface area contributed by atoms with E-state index >= 15 is 0 Å². The van der Waals surface area contributed by atoms with E-state index in [0.717, 1.165) is 36.1 Å². The molecule has 1 heterocycles. The van der Waals surface area contributed by atoms with Crippen LogP contribution in [0.4, 0.5) is 0 Å². The smallest absolute Gasteiger partial charge is 0.242 e. The maximum atomic E-state index is 13.7. The molecule has 0 spiro atoms. The van der Waals surface area contributed by atoms with Crippen molar-refractivity contribution in [2.45, 2.75) is 62.3 Å². The molecule has 4 rings (SSSR count). The molecule has 2 aromatic carbocycles. The van der Waals surface area contributed by atoms with E-state index in [1.54, 1.807) is 25.5 Å². The molecule has 0 atom stereocenters. The van der Waals surface area contributed by atoms with Crippen LogP contribution in [-0.2, 0) is 27.7 Å². The van der Waals surface area contributed by atoms with Gasteiger partial charge in [0.1, 0.15) is 0 Å². The first kappa shape index (κ1) is 22.3. The number of imidazole rings is 1. The average molecular weight is 452 g/mol. The van der Waals surface area contributed by atoms with Crippen LogP contribution in [0.2, 0.25) is 0 Å². The third kappa shape index (κ3) is 4.21. The lowest BCUT2D eigenvalue weighted by atomic mass is 10.1. The van der Waals surface area contributed by atoms with Crippen LogP contribution in [-0.4, -0.2) is 28.6 Å². The molecule has 168 valence electrons. The van der Waals surface area contributed by atoms with Gasteiger partial charge in [-0.2, -0.15) is 0 Å². The highest BCUT2D eigenvalue weighted by Crippen LogP contribution is 2.41. The highest BCUT2D eigenvalue weighted by atomic mass is 32.2. The molecular formula is C25H29N3O3S. The number of hydrogen-bond donors (Lipinski definition) is 1. The molecule has 6 nitrogen and oxygen atoms in total. The number of nitrogens with zero attached hydrogens (tertiary/aromatic N) is 2. The van der Waals surface area contributed by atoms with Crippen LogP contribution in [0.5, 0.6) is 0 Å². The van der Waals surface area contributed by atoms with Crippen molar-refractivity contribution in [2.24, 2.45) is 0 Å². The maximum Gasteiger partial charge on any atom is 0.242 e. The van der Waals surface area contributed by atoms with E-state index in [1.165, 1.54) is 0 Å². The number of aromatic nitrogens is 2. The van der Waals surface area contributed by atoms with Gasteiger partial charge in [0.15, 0.2) is 14.6 Å². The zero-order chi connectivity index (χ0) is 22.8. The van der Waals surface area contributed by atoms with Gasteiger partial charge < -0.3 is 9.88 Å². The summed E-state index contributed by atoms with van der Waals surface area (Å²) in [5, 5.41) is 2.92. The van der Waals surface area contributed by atoms with E-state index in [9.17, 15) is 13.2 Å². The zero-order valence-electron chi connectivity index (χ0n) is 18.5. The number of nitrogens with one attached hydrogen (secondary N) is 1. The summed E-state index contributed by atoms with van der Waals surface area (Å²) in [4.78, 5) is 17.7. The van der Waals surface area contributed by atoms with E-state index < -0.39 is 20.5 Å². The van der Waals surface area contributed by atoms with Gasteiger partial charge in [-0.15, -0.1) is 0 Å². The first-order chi connectivity index (χ1) is 15.3. The van der Waals surface area contributed by atoms with Gasteiger partial charge in [-0.3, -0.25) is 4.79 Å². The fourth-order valence-electron chi connectivity index (χ4n) is 4.47. The fourth-order valence-corrected chi connectivity index (χ4v) is 6.86. The summed E-state index contributed by atoms with van der Waals surface area (Å²) in [6.45, 7) is 4.69. The average Bonchev–Trinajstić information content (AvgIpc) is 3.48. The number of sulfone groups is 1. The Bertz CT molecular complexity index is 1190. The molecule has 3 aromatic rings. The Kier molecular flexibility index (Phi) is 6.20. The van der Waals surface area contributed by atoms with E-state index in [4.69, 9.17) is 0 Å². The summed E-state index contributed by atoms with van der Waals surface area (Å²) in [7, 11) is -3.81. The van der Waals surface area contributed by atoms with Crippen molar-refractivity contribution in [3.8, 4) is 0 Å². The van der Waals surface area contributed by atoms with E-state index in [2.05, 4.69) is 10.3 Å². The normalized spacial score (nSPS) is 15.6. The third-order valence-corrected chi connectivity index (χ3v) is 9.01. The topological polar surface area (TPSA) is 81.1 Å². The standard InChI is InChI=1S/C25H29N3O3S/c1-19-5-6-20(2)23(15-19)32(30,31)25(11-3-4-12-25)24(29)27-16-21-7-9-22(10-8-21)17-28-14-13-26-18-28/h5-10,13-15,18H,3-4,11-12,16-17H2,1-2H3,(H,27,29). The predicted octanol–water partition coefficient (Wildman–Crippen LogP) is 3.95. The highest BCUT2D eigenvalue weighted by molar-refractivity contribution is 7.93. The van der Waals surface area contributed by atoms with Crippen LogP contribution in [0, 0.1) is 13.8 Å². The fraction of sp³-hybridized carbons (Fsp3) is 0.360. The number of carbonyl (C=O) groups excluding carboxylic acids is 1. The molecule has 0 saturated heterocycles. The minimum atomic E-state index is -3.81. The maximum absolute atomic E-state index is 13.7. The number of carbonyl (C=O) groups is 1. The number of aryl methyl sites for hydroxylation is 2. The van der Waals surface area contributed by atoms with Crippen LogP contribution in [0.3, 0.4) is 0 Å². The lowest BCUT2D eigenvalue weighted by Gasteiger charge is -2.28. The van der Waals surface area contributed by atoms with E-state index in [-0.39, 0.29) is 4.90 Å². The molecule has 7 heteroatoms. The third-order valence-electron chi connectivity index (χ3n) is 6.37. The second-order valence-corrected chi connectivity index (χ2v) is 10.9. The van der Waals surface area contributed by atoms with Crippen LogP contribution < -0.4 is 5.32 Å². The molecule has 1 fully saturated rings. The molecule has 0 radical (unpaired) electrons. The molecule has 1 saturated carbocycles. The molecule has 0 aliphatic heterocycles. The van der Waals surface area contributed by atoms with E-state index in [0.29, 0.717) is 24.9 Å². The zero-order valence-corrected chi connectivity index (χ0v) is 19.4. The van der Waals surface area contributed by atoms with Gasteiger partial charge in [0.05, 0.1) is 11.2 Å². The Morgan fingerprint density at radius 2 is 1.75 bits per heavy atom. The highest BCUT2D eigenvalue weighted by Gasteiger charge is 2.53. The number of amides is 1. The lowest BCUT2D eigenvalue weighted by Crippen LogP contribution is -2.50. The number of hydrogen-bond acceptors (Lipinski definition) is 4. The van der Waals surface area contributed by atoms with Gasteiger partial charge in [0, 0.05) is 25.5 Å². The SMILES string of the molecule is Cc1ccc(C)c(S(=O)(=O)C2(C(=O)NCc3ccc(Cn4ccnc4)cc3)CCCC2)c1. The molecule has 1 aliphatic rings. The van der Waals surface area contributed by atoms with Crippen LogP contribution in [0.1, 0.15) is 47.9 Å². The quantitative estimate of drug-likeness (QED) is 0.590. The second-order valence-electron chi connectivity index (χ2n) is 8.71. The van der Waals surface area contributed by atoms with Crippen molar-refractivity contribution in [3.63, 3.8) is 0 Å². The van der Waals surface area contributed by atoms with Crippen molar-refractivity contribution >= 4 is 15.7 Å². The summed E-state index contributed by atoms with van der Waals surface area (Å²) >= 11 is 0. The molecule has 0 bridgehead atoms. The number of rotatable bonds is 7. The molecule has 1 N–H and O–H groups in total. The summed E-state index contributed by atoms with van der Waals surface area (Å²) in [5.74, 6) is -0.390. The van der Waals surface area contributed by atoms with Crippen molar-refractivity contribution in [1.82, 2.24) is 14.9 Å². The Morgan fingerprint density at radius 3 is 2.41 bits per heavy atom. The lowest BCUT2D eigenvalue weighted by molar-refractivity contribution is -0.123. The molecule has 1 aromatic heterocycles. The summed E-state index contributed by atoms with van der Waals surface area (Å²) in [6.07, 6.45) is 7.61. The van der Waals surface area contributed by atoms with Gasteiger partial charge in [-0.1, -0.05) is 49.2 Å². The first-order valence-electron chi connectivity index (χ1n) is 11.0. The Balaban J connectivity index is 1.51. The second kappa shape index (κ2) is 8.90. The van der Waals surface area contributed by atoms with Crippen molar-refractivity contribution in [2.75, 3.05) is 0 Å². The van der Waals surface area contributed by atoms with Gasteiger partial charge in [0.2, 0.25) is 5.91 Å². The molecule has 0 unspecified atom stereocenters. The largest absolute Gasteiger partial charge is 0.351 e. The Morgan fingerprint density at radius 1 is 1.06 bits per heavy atom. The Labute approximate surface area is 189 Å². The summed E-state index contributed by atoms with van der Waals surface area (Å²) < 4.78 is 28.0. The molecular weight excluding hydrogens is 422 g/mol. The molecule has 1 amide bonds. The van der Waals surface area contributed by atoms with Crippen LogP contribution in [0.15, 0.2) is 66.1 Å². The first-order valence-corrected chi connectivity index (χ1v) is 12.4. The summed E-state index contributed by atoms with van der Waals surface area (Å²) in [5.41, 5.74) is 3.62. The van der Waals surface area contributed by atoms with Crippen LogP contribution >= 0.6 is 0 Å². The Hall–Kier alpha value is -2.93. The van der Waals surface area contributed by atoms with Gasteiger partial charge in [0.25, 0.3) is 0 Å². The van der Waals surface area contributed by atoms with E-state index in [1.807, 2.05) is 54.1 Å². The van der Waals surface area contributed by atoms with Gasteiger partial charge in [-0.05, 0) is 55.0 Å². The van der Waals surface area contributed by atoms with Crippen molar-refractivity contribution in [1.29, 1.82) is 0 Å². The minimum Gasteiger partial charge on any atom is -0.351 e.